The Morgan fingerprint density at radius 2 is 2.35 bits per heavy atom. The van der Waals surface area contributed by atoms with E-state index in [4.69, 9.17) is 10.8 Å². The molecular formula is C12H16N4O. The Labute approximate surface area is 99.0 Å². The van der Waals surface area contributed by atoms with Gasteiger partial charge >= 0.3 is 0 Å². The van der Waals surface area contributed by atoms with Crippen molar-refractivity contribution >= 4 is 16.7 Å². The number of anilines is 1. The van der Waals surface area contributed by atoms with Crippen molar-refractivity contribution in [3.8, 4) is 0 Å². The Morgan fingerprint density at radius 1 is 1.47 bits per heavy atom. The van der Waals surface area contributed by atoms with Crippen LogP contribution in [-0.2, 0) is 0 Å². The summed E-state index contributed by atoms with van der Waals surface area (Å²) in [5.41, 5.74) is 9.58. The fraction of sp³-hybridized carbons (Fsp3) is 0.417. The van der Waals surface area contributed by atoms with Crippen LogP contribution in [-0.4, -0.2) is 27.7 Å². The first kappa shape index (κ1) is 10.6. The van der Waals surface area contributed by atoms with Crippen molar-refractivity contribution in [2.24, 2.45) is 0 Å². The molecule has 0 bridgehead atoms. The van der Waals surface area contributed by atoms with Gasteiger partial charge in [0.2, 0.25) is 0 Å². The van der Waals surface area contributed by atoms with Crippen LogP contribution in [0.15, 0.2) is 18.5 Å². The van der Waals surface area contributed by atoms with Crippen molar-refractivity contribution in [2.45, 2.75) is 24.9 Å². The van der Waals surface area contributed by atoms with E-state index in [1.807, 2.05) is 6.20 Å². The molecule has 2 atom stereocenters. The minimum atomic E-state index is 0.189. The molecule has 17 heavy (non-hydrogen) atoms. The zero-order chi connectivity index (χ0) is 11.8. The Bertz CT molecular complexity index is 536. The second-order valence-electron chi connectivity index (χ2n) is 4.54. The molecule has 90 valence electrons. The number of aromatic amines is 1. The van der Waals surface area contributed by atoms with E-state index in [1.165, 1.54) is 0 Å². The number of nitrogen functional groups attached to an aromatic ring is 1. The fourth-order valence-corrected chi connectivity index (χ4v) is 2.54. The molecule has 3 rings (SSSR count). The van der Waals surface area contributed by atoms with Gasteiger partial charge in [-0.05, 0) is 18.9 Å². The number of pyridine rings is 1. The zero-order valence-electron chi connectivity index (χ0n) is 9.48. The van der Waals surface area contributed by atoms with Crippen LogP contribution in [0.3, 0.4) is 0 Å². The van der Waals surface area contributed by atoms with Gasteiger partial charge in [-0.3, -0.25) is 4.98 Å². The summed E-state index contributed by atoms with van der Waals surface area (Å²) in [7, 11) is 0. The lowest BCUT2D eigenvalue weighted by atomic mass is 10.1. The van der Waals surface area contributed by atoms with Crippen LogP contribution in [0.1, 0.15) is 24.4 Å². The summed E-state index contributed by atoms with van der Waals surface area (Å²) in [5, 5.41) is 12.5. The molecule has 0 radical (unpaired) electrons. The molecule has 3 heterocycles. The number of rotatable bonds is 2. The average molecular weight is 232 g/mol. The number of nitrogens with zero attached hydrogens (tertiary/aromatic N) is 1. The van der Waals surface area contributed by atoms with E-state index in [0.29, 0.717) is 0 Å². The van der Waals surface area contributed by atoms with E-state index in [2.05, 4.69) is 15.3 Å². The summed E-state index contributed by atoms with van der Waals surface area (Å²) in [4.78, 5) is 7.56. The Hall–Kier alpha value is -1.59. The number of hydrogen-bond donors (Lipinski definition) is 4. The van der Waals surface area contributed by atoms with Crippen LogP contribution < -0.4 is 11.1 Å². The predicted octanol–water partition coefficient (Wildman–Crippen LogP) is 0.930. The fourth-order valence-electron chi connectivity index (χ4n) is 2.54. The number of aromatic nitrogens is 2. The predicted molar refractivity (Wildman–Crippen MR) is 66.5 cm³/mol. The Morgan fingerprint density at radius 3 is 3.12 bits per heavy atom. The number of H-pyrrole nitrogens is 1. The van der Waals surface area contributed by atoms with Crippen molar-refractivity contribution in [3.05, 3.63) is 24.0 Å². The lowest BCUT2D eigenvalue weighted by Crippen LogP contribution is -2.27. The van der Waals surface area contributed by atoms with Gasteiger partial charge < -0.3 is 21.1 Å². The summed E-state index contributed by atoms with van der Waals surface area (Å²) >= 11 is 0. The molecule has 5 nitrogen and oxygen atoms in total. The van der Waals surface area contributed by atoms with E-state index in [9.17, 15) is 0 Å². The second-order valence-corrected chi connectivity index (χ2v) is 4.54. The minimum Gasteiger partial charge on any atom is -0.397 e. The number of nitrogens with two attached hydrogens (primary N) is 1. The molecule has 2 aromatic heterocycles. The topological polar surface area (TPSA) is 87.0 Å². The van der Waals surface area contributed by atoms with Gasteiger partial charge in [0, 0.05) is 30.0 Å². The summed E-state index contributed by atoms with van der Waals surface area (Å²) in [6.07, 6.45) is 5.71. The third kappa shape index (κ3) is 1.67. The van der Waals surface area contributed by atoms with E-state index in [0.717, 1.165) is 35.1 Å². The summed E-state index contributed by atoms with van der Waals surface area (Å²) in [6, 6.07) is 2.25. The first-order valence-corrected chi connectivity index (χ1v) is 5.88. The molecule has 1 aliphatic heterocycles. The summed E-state index contributed by atoms with van der Waals surface area (Å²) in [5.74, 6) is 0. The summed E-state index contributed by atoms with van der Waals surface area (Å²) in [6.45, 7) is 0.189. The Kier molecular flexibility index (Phi) is 2.49. The SMILES string of the molecule is Nc1ccnc2c([C@H]3CC[C@@H](CO)N3)c[nH]c12. The largest absolute Gasteiger partial charge is 0.397 e. The highest BCUT2D eigenvalue weighted by molar-refractivity contribution is 5.89. The molecule has 1 saturated heterocycles. The van der Waals surface area contributed by atoms with E-state index in [-0.39, 0.29) is 18.7 Å². The maximum atomic E-state index is 9.13. The standard InChI is InChI=1S/C12H16N4O/c13-9-3-4-14-11-8(5-15-12(9)11)10-2-1-7(6-17)16-10/h3-5,7,10,15-17H,1-2,6H2,(H2,13,14)/t7-,10+/m0/s1. The van der Waals surface area contributed by atoms with Gasteiger partial charge in [0.25, 0.3) is 0 Å². The maximum absolute atomic E-state index is 9.13. The number of nitrogens with one attached hydrogen (secondary N) is 2. The van der Waals surface area contributed by atoms with Crippen LogP contribution in [0.5, 0.6) is 0 Å². The lowest BCUT2D eigenvalue weighted by molar-refractivity contribution is 0.252. The van der Waals surface area contributed by atoms with Crippen LogP contribution in [0, 0.1) is 0 Å². The molecule has 0 saturated carbocycles. The second kappa shape index (κ2) is 4.01. The highest BCUT2D eigenvalue weighted by Crippen LogP contribution is 2.32. The Balaban J connectivity index is 1.99. The number of aliphatic hydroxyl groups excluding tert-OH is 1. The molecule has 5 heteroatoms. The quantitative estimate of drug-likeness (QED) is 0.620. The molecule has 1 fully saturated rings. The maximum Gasteiger partial charge on any atom is 0.0947 e. The highest BCUT2D eigenvalue weighted by atomic mass is 16.3. The van der Waals surface area contributed by atoms with Crippen LogP contribution >= 0.6 is 0 Å². The van der Waals surface area contributed by atoms with Crippen LogP contribution in [0.4, 0.5) is 5.69 Å². The molecule has 0 aromatic carbocycles. The first-order valence-electron chi connectivity index (χ1n) is 5.88. The van der Waals surface area contributed by atoms with Crippen molar-refractivity contribution in [2.75, 3.05) is 12.3 Å². The molecule has 1 aliphatic rings. The zero-order valence-corrected chi connectivity index (χ0v) is 9.48. The molecule has 0 amide bonds. The van der Waals surface area contributed by atoms with Gasteiger partial charge in [-0.1, -0.05) is 0 Å². The third-order valence-corrected chi connectivity index (χ3v) is 3.47. The van der Waals surface area contributed by atoms with Gasteiger partial charge in [0.1, 0.15) is 0 Å². The molecule has 0 spiro atoms. The number of hydrogen-bond acceptors (Lipinski definition) is 4. The molecule has 2 aromatic rings. The lowest BCUT2D eigenvalue weighted by Gasteiger charge is -2.11. The van der Waals surface area contributed by atoms with Gasteiger partial charge in [-0.25, -0.2) is 0 Å². The van der Waals surface area contributed by atoms with E-state index in [1.54, 1.807) is 12.3 Å². The third-order valence-electron chi connectivity index (χ3n) is 3.47. The van der Waals surface area contributed by atoms with E-state index >= 15 is 0 Å². The first-order chi connectivity index (χ1) is 8.29. The van der Waals surface area contributed by atoms with Crippen molar-refractivity contribution in [1.82, 2.24) is 15.3 Å². The van der Waals surface area contributed by atoms with Gasteiger partial charge in [-0.2, -0.15) is 0 Å². The molecule has 0 unspecified atom stereocenters. The number of fused-ring (bicyclic) bond motifs is 1. The van der Waals surface area contributed by atoms with Gasteiger partial charge in [0.15, 0.2) is 0 Å². The van der Waals surface area contributed by atoms with Gasteiger partial charge in [-0.15, -0.1) is 0 Å². The van der Waals surface area contributed by atoms with Crippen LogP contribution in [0.25, 0.3) is 11.0 Å². The molecule has 5 N–H and O–H groups in total. The monoisotopic (exact) mass is 232 g/mol. The smallest absolute Gasteiger partial charge is 0.0947 e. The van der Waals surface area contributed by atoms with Crippen molar-refractivity contribution in [3.63, 3.8) is 0 Å². The minimum absolute atomic E-state index is 0.189. The van der Waals surface area contributed by atoms with Crippen LogP contribution in [0.2, 0.25) is 0 Å². The summed E-state index contributed by atoms with van der Waals surface area (Å²) < 4.78 is 0. The van der Waals surface area contributed by atoms with E-state index < -0.39 is 0 Å². The molecule has 0 aliphatic carbocycles. The van der Waals surface area contributed by atoms with Crippen molar-refractivity contribution in [1.29, 1.82) is 0 Å². The highest BCUT2D eigenvalue weighted by Gasteiger charge is 2.26. The van der Waals surface area contributed by atoms with Crippen molar-refractivity contribution < 1.29 is 5.11 Å². The molecular weight excluding hydrogens is 216 g/mol. The average Bonchev–Trinajstić information content (AvgIpc) is 2.94. The normalized spacial score (nSPS) is 24.5. The van der Waals surface area contributed by atoms with Gasteiger partial charge in [0.05, 0.1) is 23.3 Å². The number of aliphatic hydroxyl groups is 1.